The summed E-state index contributed by atoms with van der Waals surface area (Å²) in [5.74, 6) is -0.216. The zero-order valence-corrected chi connectivity index (χ0v) is 19.6. The summed E-state index contributed by atoms with van der Waals surface area (Å²) < 4.78 is 0. The topological polar surface area (TPSA) is 76.7 Å². The second-order valence-electron chi connectivity index (χ2n) is 8.47. The normalized spacial score (nSPS) is 15.3. The van der Waals surface area contributed by atoms with Crippen molar-refractivity contribution < 1.29 is 9.59 Å². The lowest BCUT2D eigenvalue weighted by Crippen LogP contribution is -2.44. The molecule has 3 N–H and O–H groups in total. The highest BCUT2D eigenvalue weighted by molar-refractivity contribution is 5.97. The van der Waals surface area contributed by atoms with Crippen LogP contribution in [0.5, 0.6) is 0 Å². The maximum atomic E-state index is 13.1. The van der Waals surface area contributed by atoms with Gasteiger partial charge < -0.3 is 25.8 Å². The molecule has 1 atom stereocenters. The van der Waals surface area contributed by atoms with Crippen molar-refractivity contribution in [2.45, 2.75) is 19.9 Å². The van der Waals surface area contributed by atoms with E-state index in [0.29, 0.717) is 24.2 Å². The van der Waals surface area contributed by atoms with E-state index in [4.69, 9.17) is 0 Å². The van der Waals surface area contributed by atoms with E-state index in [2.05, 4.69) is 38.9 Å². The van der Waals surface area contributed by atoms with Gasteiger partial charge in [0.15, 0.2) is 0 Å². The van der Waals surface area contributed by atoms with Crippen LogP contribution < -0.4 is 20.9 Å². The summed E-state index contributed by atoms with van der Waals surface area (Å²) in [5, 5.41) is 8.99. The predicted molar refractivity (Wildman–Crippen MR) is 129 cm³/mol. The standard InChI is InChI=1S/C25H35N5O2/c1-18-8-9-22(30-14-12-29(4)13-15-30)17-23(18)25(32)28-19(2)20-6-5-7-21(16-20)24(31)27-11-10-26-3/h5-9,16-17,19,26H,10-15H2,1-4H3,(H,27,31)(H,28,32). The number of aryl methyl sites for hydroxylation is 1. The van der Waals surface area contributed by atoms with Crippen molar-refractivity contribution in [1.29, 1.82) is 0 Å². The van der Waals surface area contributed by atoms with E-state index < -0.39 is 0 Å². The zero-order valence-electron chi connectivity index (χ0n) is 19.6. The molecule has 1 saturated heterocycles. The quantitative estimate of drug-likeness (QED) is 0.552. The molecule has 1 aliphatic rings. The minimum absolute atomic E-state index is 0.102. The summed E-state index contributed by atoms with van der Waals surface area (Å²) in [6, 6.07) is 13.3. The van der Waals surface area contributed by atoms with Gasteiger partial charge in [-0.05, 0) is 63.3 Å². The van der Waals surface area contributed by atoms with Gasteiger partial charge in [-0.2, -0.15) is 0 Å². The number of anilines is 1. The molecule has 0 radical (unpaired) electrons. The van der Waals surface area contributed by atoms with E-state index in [-0.39, 0.29) is 17.9 Å². The number of rotatable bonds is 8. The van der Waals surface area contributed by atoms with Gasteiger partial charge in [0, 0.05) is 56.1 Å². The van der Waals surface area contributed by atoms with Gasteiger partial charge >= 0.3 is 0 Å². The van der Waals surface area contributed by atoms with Crippen LogP contribution in [0.4, 0.5) is 5.69 Å². The molecule has 1 fully saturated rings. The van der Waals surface area contributed by atoms with Crippen molar-refractivity contribution in [3.8, 4) is 0 Å². The maximum Gasteiger partial charge on any atom is 0.252 e. The number of nitrogens with zero attached hydrogens (tertiary/aromatic N) is 2. The molecule has 2 amide bonds. The number of nitrogens with one attached hydrogen (secondary N) is 3. The first-order valence-corrected chi connectivity index (χ1v) is 11.3. The molecule has 0 bridgehead atoms. The first-order chi connectivity index (χ1) is 15.4. The molecule has 2 aromatic rings. The highest BCUT2D eigenvalue weighted by Crippen LogP contribution is 2.22. The van der Waals surface area contributed by atoms with Gasteiger partial charge in [0.25, 0.3) is 11.8 Å². The molecule has 0 aromatic heterocycles. The Kier molecular flexibility index (Phi) is 8.25. The molecule has 32 heavy (non-hydrogen) atoms. The largest absolute Gasteiger partial charge is 0.369 e. The highest BCUT2D eigenvalue weighted by Gasteiger charge is 2.19. The molecule has 1 aliphatic heterocycles. The van der Waals surface area contributed by atoms with E-state index in [9.17, 15) is 9.59 Å². The van der Waals surface area contributed by atoms with Gasteiger partial charge in [-0.25, -0.2) is 0 Å². The molecule has 172 valence electrons. The Morgan fingerprint density at radius 3 is 2.47 bits per heavy atom. The Balaban J connectivity index is 1.68. The average molecular weight is 438 g/mol. The number of carbonyl (C=O) groups is 2. The zero-order chi connectivity index (χ0) is 23.1. The summed E-state index contributed by atoms with van der Waals surface area (Å²) in [5.41, 5.74) is 4.21. The van der Waals surface area contributed by atoms with Crippen molar-refractivity contribution in [3.05, 3.63) is 64.7 Å². The van der Waals surface area contributed by atoms with Crippen LogP contribution in [0.1, 0.15) is 44.8 Å². The fourth-order valence-corrected chi connectivity index (χ4v) is 3.83. The van der Waals surface area contributed by atoms with Crippen molar-refractivity contribution in [3.63, 3.8) is 0 Å². The minimum atomic E-state index is -0.223. The molecular weight excluding hydrogens is 402 g/mol. The van der Waals surface area contributed by atoms with Gasteiger partial charge in [0.05, 0.1) is 6.04 Å². The summed E-state index contributed by atoms with van der Waals surface area (Å²) in [6.45, 7) is 9.13. The number of hydrogen-bond acceptors (Lipinski definition) is 5. The third-order valence-electron chi connectivity index (χ3n) is 5.99. The molecule has 2 aromatic carbocycles. The first kappa shape index (κ1) is 23.8. The van der Waals surface area contributed by atoms with Gasteiger partial charge in [-0.1, -0.05) is 18.2 Å². The van der Waals surface area contributed by atoms with E-state index in [0.717, 1.165) is 43.0 Å². The molecule has 7 nitrogen and oxygen atoms in total. The minimum Gasteiger partial charge on any atom is -0.369 e. The Morgan fingerprint density at radius 2 is 1.75 bits per heavy atom. The molecule has 7 heteroatoms. The van der Waals surface area contributed by atoms with Crippen LogP contribution in [-0.2, 0) is 0 Å². The van der Waals surface area contributed by atoms with Crippen LogP contribution in [0.25, 0.3) is 0 Å². The molecule has 0 saturated carbocycles. The summed E-state index contributed by atoms with van der Waals surface area (Å²) in [4.78, 5) is 30.1. The Bertz CT molecular complexity index is 938. The number of piperazine rings is 1. The van der Waals surface area contributed by atoms with Crippen LogP contribution in [0.3, 0.4) is 0 Å². The number of likely N-dealkylation sites (N-methyl/N-ethyl adjacent to an activating group) is 2. The maximum absolute atomic E-state index is 13.1. The van der Waals surface area contributed by atoms with E-state index in [1.165, 1.54) is 0 Å². The van der Waals surface area contributed by atoms with E-state index >= 15 is 0 Å². The third-order valence-corrected chi connectivity index (χ3v) is 5.99. The first-order valence-electron chi connectivity index (χ1n) is 11.3. The average Bonchev–Trinajstić information content (AvgIpc) is 2.80. The third kappa shape index (κ3) is 6.08. The number of benzene rings is 2. The van der Waals surface area contributed by atoms with Crippen molar-refractivity contribution in [2.75, 3.05) is 58.3 Å². The molecule has 0 spiro atoms. The molecule has 1 unspecified atom stereocenters. The highest BCUT2D eigenvalue weighted by atomic mass is 16.2. The molecule has 0 aliphatic carbocycles. The Morgan fingerprint density at radius 1 is 1.00 bits per heavy atom. The van der Waals surface area contributed by atoms with Gasteiger partial charge in [0.2, 0.25) is 0 Å². The molecular formula is C25H35N5O2. The lowest BCUT2D eigenvalue weighted by molar-refractivity contribution is 0.0937. The van der Waals surface area contributed by atoms with Crippen molar-refractivity contribution >= 4 is 17.5 Å². The lowest BCUT2D eigenvalue weighted by Gasteiger charge is -2.34. The monoisotopic (exact) mass is 437 g/mol. The SMILES string of the molecule is CNCCNC(=O)c1cccc(C(C)NC(=O)c2cc(N3CCN(C)CC3)ccc2C)c1. The fraction of sp³-hybridized carbons (Fsp3) is 0.440. The Labute approximate surface area is 191 Å². The summed E-state index contributed by atoms with van der Waals surface area (Å²) >= 11 is 0. The Hall–Kier alpha value is -2.90. The van der Waals surface area contributed by atoms with Crippen LogP contribution >= 0.6 is 0 Å². The fourth-order valence-electron chi connectivity index (χ4n) is 3.83. The molecule has 1 heterocycles. The van der Waals surface area contributed by atoms with Gasteiger partial charge in [0.1, 0.15) is 0 Å². The molecule has 3 rings (SSSR count). The lowest BCUT2D eigenvalue weighted by atomic mass is 10.0. The smallest absolute Gasteiger partial charge is 0.252 e. The van der Waals surface area contributed by atoms with E-state index in [1.54, 1.807) is 6.07 Å². The van der Waals surface area contributed by atoms with E-state index in [1.807, 2.05) is 51.2 Å². The van der Waals surface area contributed by atoms with Crippen molar-refractivity contribution in [1.82, 2.24) is 20.9 Å². The number of hydrogen-bond donors (Lipinski definition) is 3. The number of carbonyl (C=O) groups excluding carboxylic acids is 2. The summed E-state index contributed by atoms with van der Waals surface area (Å²) in [6.07, 6.45) is 0. The van der Waals surface area contributed by atoms with Crippen LogP contribution in [0, 0.1) is 6.92 Å². The summed E-state index contributed by atoms with van der Waals surface area (Å²) in [7, 11) is 3.98. The van der Waals surface area contributed by atoms with Crippen LogP contribution in [0.15, 0.2) is 42.5 Å². The van der Waals surface area contributed by atoms with Crippen molar-refractivity contribution in [2.24, 2.45) is 0 Å². The number of amides is 2. The van der Waals surface area contributed by atoms with Gasteiger partial charge in [-0.3, -0.25) is 9.59 Å². The van der Waals surface area contributed by atoms with Gasteiger partial charge in [-0.15, -0.1) is 0 Å². The second kappa shape index (κ2) is 11.1. The predicted octanol–water partition coefficient (Wildman–Crippen LogP) is 2.19. The second-order valence-corrected chi connectivity index (χ2v) is 8.47. The van der Waals surface area contributed by atoms with Crippen LogP contribution in [-0.4, -0.2) is 70.1 Å². The van der Waals surface area contributed by atoms with Crippen LogP contribution in [0.2, 0.25) is 0 Å².